The van der Waals surface area contributed by atoms with E-state index >= 15 is 0 Å². The van der Waals surface area contributed by atoms with E-state index in [1.807, 2.05) is 42.5 Å². The Hall–Kier alpha value is -2.62. The zero-order valence-corrected chi connectivity index (χ0v) is 14.4. The number of rotatable bonds is 8. The Kier molecular flexibility index (Phi) is 6.21. The normalized spacial score (nSPS) is 10.6. The molecule has 0 amide bonds. The monoisotopic (exact) mass is 333 g/mol. The molecule has 0 saturated heterocycles. The number of hydroxylamine groups is 1. The summed E-state index contributed by atoms with van der Waals surface area (Å²) in [5.74, 6) is 0.863. The van der Waals surface area contributed by atoms with Crippen LogP contribution in [0.5, 0.6) is 5.75 Å². The largest absolute Gasteiger partial charge is 0.489 e. The first-order valence-electron chi connectivity index (χ1n) is 8.45. The Morgan fingerprint density at radius 2 is 1.32 bits per heavy atom. The van der Waals surface area contributed by atoms with Crippen LogP contribution >= 0.6 is 0 Å². The number of benzene rings is 3. The molecule has 3 aromatic carbocycles. The van der Waals surface area contributed by atoms with Crippen LogP contribution in [0.3, 0.4) is 0 Å². The molecule has 3 heteroatoms. The average molecular weight is 333 g/mol. The topological polar surface area (TPSA) is 30.5 Å². The molecule has 0 aromatic heterocycles. The summed E-state index contributed by atoms with van der Waals surface area (Å²) in [6.45, 7) is 3.87. The Labute approximate surface area is 149 Å². The van der Waals surface area contributed by atoms with Crippen molar-refractivity contribution in [3.8, 4) is 5.75 Å². The highest BCUT2D eigenvalue weighted by Crippen LogP contribution is 2.15. The number of nitrogens with one attached hydrogen (secondary N) is 1. The molecule has 0 atom stereocenters. The van der Waals surface area contributed by atoms with Gasteiger partial charge in [0.1, 0.15) is 12.4 Å². The van der Waals surface area contributed by atoms with Gasteiger partial charge in [0.25, 0.3) is 0 Å². The third kappa shape index (κ3) is 5.75. The minimum Gasteiger partial charge on any atom is -0.489 e. The maximum absolute atomic E-state index is 5.81. The fraction of sp³-hybridized carbons (Fsp3) is 0.182. The van der Waals surface area contributed by atoms with Crippen molar-refractivity contribution >= 4 is 0 Å². The molecule has 1 N–H and O–H groups in total. The molecule has 0 heterocycles. The molecule has 128 valence electrons. The van der Waals surface area contributed by atoms with Crippen LogP contribution in [0.1, 0.15) is 22.3 Å². The molecule has 3 aromatic rings. The molecule has 0 radical (unpaired) electrons. The molecule has 0 bridgehead atoms. The van der Waals surface area contributed by atoms with Crippen molar-refractivity contribution in [1.29, 1.82) is 0 Å². The first-order chi connectivity index (χ1) is 12.3. The molecule has 0 aliphatic carbocycles. The van der Waals surface area contributed by atoms with E-state index in [0.717, 1.165) is 11.3 Å². The molecule has 0 aliphatic heterocycles. The van der Waals surface area contributed by atoms with Crippen molar-refractivity contribution in [2.24, 2.45) is 0 Å². The van der Waals surface area contributed by atoms with E-state index in [0.29, 0.717) is 19.8 Å². The molecule has 0 spiro atoms. The summed E-state index contributed by atoms with van der Waals surface area (Å²) in [4.78, 5) is 5.51. The third-order valence-corrected chi connectivity index (χ3v) is 3.91. The minimum absolute atomic E-state index is 0.519. The highest BCUT2D eigenvalue weighted by molar-refractivity contribution is 5.28. The molecular formula is C22H23NO2. The Bertz CT molecular complexity index is 752. The van der Waals surface area contributed by atoms with E-state index in [9.17, 15) is 0 Å². The molecule has 0 unspecified atom stereocenters. The smallest absolute Gasteiger partial charge is 0.119 e. The first kappa shape index (κ1) is 17.2. The quantitative estimate of drug-likeness (QED) is 0.475. The fourth-order valence-corrected chi connectivity index (χ4v) is 2.40. The molecular weight excluding hydrogens is 310 g/mol. The number of aryl methyl sites for hydroxylation is 1. The molecule has 0 aliphatic rings. The fourth-order valence-electron chi connectivity index (χ4n) is 2.40. The second kappa shape index (κ2) is 9.02. The molecule has 3 nitrogen and oxygen atoms in total. The van der Waals surface area contributed by atoms with Crippen LogP contribution in [0.4, 0.5) is 0 Å². The predicted octanol–water partition coefficient (Wildman–Crippen LogP) is 4.80. The Morgan fingerprint density at radius 1 is 0.680 bits per heavy atom. The van der Waals surface area contributed by atoms with E-state index in [4.69, 9.17) is 9.57 Å². The van der Waals surface area contributed by atoms with Crippen LogP contribution in [0.2, 0.25) is 0 Å². The summed E-state index contributed by atoms with van der Waals surface area (Å²) in [6.07, 6.45) is 0. The van der Waals surface area contributed by atoms with Crippen molar-refractivity contribution in [2.75, 3.05) is 0 Å². The van der Waals surface area contributed by atoms with Crippen LogP contribution in [0.15, 0.2) is 78.9 Å². The van der Waals surface area contributed by atoms with E-state index in [1.54, 1.807) is 0 Å². The summed E-state index contributed by atoms with van der Waals surface area (Å²) >= 11 is 0. The maximum atomic E-state index is 5.81. The van der Waals surface area contributed by atoms with Gasteiger partial charge in [-0.25, -0.2) is 0 Å². The Balaban J connectivity index is 1.40. The van der Waals surface area contributed by atoms with Gasteiger partial charge in [-0.3, -0.25) is 4.84 Å². The molecule has 3 rings (SSSR count). The van der Waals surface area contributed by atoms with Crippen LogP contribution in [-0.2, 0) is 24.6 Å². The van der Waals surface area contributed by atoms with Gasteiger partial charge in [-0.2, -0.15) is 5.48 Å². The Morgan fingerprint density at radius 3 is 2.04 bits per heavy atom. The van der Waals surface area contributed by atoms with Gasteiger partial charge in [-0.15, -0.1) is 0 Å². The van der Waals surface area contributed by atoms with Gasteiger partial charge in [0, 0.05) is 6.54 Å². The summed E-state index contributed by atoms with van der Waals surface area (Å²) in [7, 11) is 0. The highest BCUT2D eigenvalue weighted by Gasteiger charge is 1.98. The molecule has 25 heavy (non-hydrogen) atoms. The second-order valence-corrected chi connectivity index (χ2v) is 6.01. The number of ether oxygens (including phenoxy) is 1. The van der Waals surface area contributed by atoms with Gasteiger partial charge in [0.05, 0.1) is 6.61 Å². The van der Waals surface area contributed by atoms with Gasteiger partial charge in [-0.05, 0) is 35.7 Å². The zero-order chi connectivity index (χ0) is 17.3. The zero-order valence-electron chi connectivity index (χ0n) is 14.4. The van der Waals surface area contributed by atoms with E-state index in [-0.39, 0.29) is 0 Å². The second-order valence-electron chi connectivity index (χ2n) is 6.01. The number of hydrogen-bond acceptors (Lipinski definition) is 3. The minimum atomic E-state index is 0.519. The van der Waals surface area contributed by atoms with Crippen molar-refractivity contribution in [1.82, 2.24) is 5.48 Å². The number of hydrogen-bond donors (Lipinski definition) is 1. The third-order valence-electron chi connectivity index (χ3n) is 3.91. The molecule has 0 saturated carbocycles. The SMILES string of the molecule is Cc1ccc(COc2ccc(CONCc3ccccc3)cc2)cc1. The van der Waals surface area contributed by atoms with Crippen molar-refractivity contribution in [3.05, 3.63) is 101 Å². The van der Waals surface area contributed by atoms with E-state index in [2.05, 4.69) is 48.8 Å². The lowest BCUT2D eigenvalue weighted by Crippen LogP contribution is -2.13. The van der Waals surface area contributed by atoms with Gasteiger partial charge in [0.15, 0.2) is 0 Å². The average Bonchev–Trinajstić information content (AvgIpc) is 2.67. The van der Waals surface area contributed by atoms with Crippen LogP contribution in [0, 0.1) is 6.92 Å². The summed E-state index contributed by atoms with van der Waals surface area (Å²) in [5.41, 5.74) is 7.71. The van der Waals surface area contributed by atoms with Crippen molar-refractivity contribution < 1.29 is 9.57 Å². The van der Waals surface area contributed by atoms with Crippen molar-refractivity contribution in [3.63, 3.8) is 0 Å². The summed E-state index contributed by atoms with van der Waals surface area (Å²) in [5, 5.41) is 0. The highest BCUT2D eigenvalue weighted by atomic mass is 16.6. The predicted molar refractivity (Wildman–Crippen MR) is 100 cm³/mol. The lowest BCUT2D eigenvalue weighted by atomic mass is 10.2. The van der Waals surface area contributed by atoms with E-state index < -0.39 is 0 Å². The lowest BCUT2D eigenvalue weighted by molar-refractivity contribution is 0.0235. The van der Waals surface area contributed by atoms with Crippen LogP contribution in [-0.4, -0.2) is 0 Å². The van der Waals surface area contributed by atoms with Gasteiger partial charge >= 0.3 is 0 Å². The van der Waals surface area contributed by atoms with E-state index in [1.165, 1.54) is 16.7 Å². The van der Waals surface area contributed by atoms with Crippen LogP contribution < -0.4 is 10.2 Å². The standard InChI is InChI=1S/C22H23NO2/c1-18-7-9-20(10-8-18)16-24-22-13-11-21(12-14-22)17-25-23-15-19-5-3-2-4-6-19/h2-14,23H,15-17H2,1H3. The van der Waals surface area contributed by atoms with Gasteiger partial charge < -0.3 is 4.74 Å². The van der Waals surface area contributed by atoms with Crippen molar-refractivity contribution in [2.45, 2.75) is 26.7 Å². The van der Waals surface area contributed by atoms with Gasteiger partial charge in [-0.1, -0.05) is 72.3 Å². The van der Waals surface area contributed by atoms with Gasteiger partial charge in [0.2, 0.25) is 0 Å². The molecule has 0 fully saturated rings. The summed E-state index contributed by atoms with van der Waals surface area (Å²) < 4.78 is 5.81. The first-order valence-corrected chi connectivity index (χ1v) is 8.45. The maximum Gasteiger partial charge on any atom is 0.119 e. The van der Waals surface area contributed by atoms with Crippen LogP contribution in [0.25, 0.3) is 0 Å². The summed E-state index contributed by atoms with van der Waals surface area (Å²) in [6, 6.07) is 26.6. The lowest BCUT2D eigenvalue weighted by Gasteiger charge is -2.09.